The molecule has 7 nitrogen and oxygen atoms in total. The lowest BCUT2D eigenvalue weighted by atomic mass is 10.1. The highest BCUT2D eigenvalue weighted by Gasteiger charge is 2.19. The molecule has 0 aliphatic carbocycles. The van der Waals surface area contributed by atoms with Crippen LogP contribution >= 0.6 is 0 Å². The summed E-state index contributed by atoms with van der Waals surface area (Å²) in [5.74, 6) is -0.362. The Labute approximate surface area is 154 Å². The average molecular weight is 357 g/mol. The third-order valence-corrected chi connectivity index (χ3v) is 3.63. The van der Waals surface area contributed by atoms with Gasteiger partial charge in [-0.1, -0.05) is 24.3 Å². The van der Waals surface area contributed by atoms with Crippen molar-refractivity contribution in [3.63, 3.8) is 0 Å². The topological polar surface area (TPSA) is 88.1 Å². The molecule has 0 aliphatic heterocycles. The summed E-state index contributed by atoms with van der Waals surface area (Å²) in [6.45, 7) is 8.53. The van der Waals surface area contributed by atoms with Crippen molar-refractivity contribution < 1.29 is 9.59 Å². The molecular weight excluding hydrogens is 330 g/mol. The van der Waals surface area contributed by atoms with E-state index in [4.69, 9.17) is 0 Å². The number of nitrogens with one attached hydrogen (secondary N) is 3. The van der Waals surface area contributed by atoms with Gasteiger partial charge in [-0.25, -0.2) is 4.79 Å². The van der Waals surface area contributed by atoms with E-state index in [0.717, 1.165) is 11.1 Å². The number of imide groups is 1. The van der Waals surface area contributed by atoms with Crippen LogP contribution in [0.2, 0.25) is 0 Å². The molecule has 2 aromatic rings. The number of carbonyl (C=O) groups is 2. The van der Waals surface area contributed by atoms with E-state index in [1.54, 1.807) is 13.1 Å². The molecule has 0 fully saturated rings. The van der Waals surface area contributed by atoms with E-state index in [0.29, 0.717) is 13.1 Å². The Bertz CT molecular complexity index is 735. The van der Waals surface area contributed by atoms with Gasteiger partial charge in [0.2, 0.25) is 5.91 Å². The molecule has 1 heterocycles. The maximum atomic E-state index is 12.1. The molecule has 26 heavy (non-hydrogen) atoms. The van der Waals surface area contributed by atoms with E-state index >= 15 is 0 Å². The molecule has 3 amide bonds. The normalized spacial score (nSPS) is 12.5. The highest BCUT2D eigenvalue weighted by atomic mass is 16.2. The maximum Gasteiger partial charge on any atom is 0.321 e. The summed E-state index contributed by atoms with van der Waals surface area (Å²) in [6, 6.07) is 9.01. The molecule has 1 aromatic carbocycles. The first-order valence-electron chi connectivity index (χ1n) is 8.64. The van der Waals surface area contributed by atoms with E-state index in [1.807, 2.05) is 55.9 Å². The van der Waals surface area contributed by atoms with Crippen LogP contribution in [0.4, 0.5) is 4.79 Å². The number of nitrogens with zero attached hydrogens (tertiary/aromatic N) is 2. The molecule has 0 radical (unpaired) electrons. The van der Waals surface area contributed by atoms with Gasteiger partial charge in [0, 0.05) is 24.5 Å². The monoisotopic (exact) mass is 357 g/mol. The maximum absolute atomic E-state index is 12.1. The van der Waals surface area contributed by atoms with Crippen LogP contribution in [0.1, 0.15) is 38.8 Å². The standard InChI is InChI=1S/C19H27N5O2/c1-14(17(25)22-18(26)23-19(2,3)4)20-12-15-7-5-8-16(11-15)13-24-10-6-9-21-24/h5-11,14,20H,12-13H2,1-4H3,(H2,22,23,25,26)/t14-/m0/s1. The Kier molecular flexibility index (Phi) is 6.52. The molecule has 0 saturated heterocycles. The zero-order chi connectivity index (χ0) is 19.2. The molecule has 1 atom stereocenters. The Morgan fingerprint density at radius 2 is 1.92 bits per heavy atom. The molecule has 0 bridgehead atoms. The minimum Gasteiger partial charge on any atom is -0.333 e. The van der Waals surface area contributed by atoms with Gasteiger partial charge in [0.15, 0.2) is 0 Å². The van der Waals surface area contributed by atoms with Crippen LogP contribution in [0.25, 0.3) is 0 Å². The third kappa shape index (κ3) is 6.68. The molecular formula is C19H27N5O2. The second-order valence-electron chi connectivity index (χ2n) is 7.32. The molecule has 7 heteroatoms. The summed E-state index contributed by atoms with van der Waals surface area (Å²) >= 11 is 0. The first kappa shape index (κ1) is 19.7. The fourth-order valence-electron chi connectivity index (χ4n) is 2.37. The van der Waals surface area contributed by atoms with Crippen LogP contribution in [-0.2, 0) is 17.9 Å². The molecule has 0 aliphatic rings. The summed E-state index contributed by atoms with van der Waals surface area (Å²) < 4.78 is 1.86. The van der Waals surface area contributed by atoms with Crippen molar-refractivity contribution in [1.82, 2.24) is 25.7 Å². The summed E-state index contributed by atoms with van der Waals surface area (Å²) in [7, 11) is 0. The Hall–Kier alpha value is -2.67. The number of carbonyl (C=O) groups excluding carboxylic acids is 2. The fraction of sp³-hybridized carbons (Fsp3) is 0.421. The molecule has 140 valence electrons. The zero-order valence-electron chi connectivity index (χ0n) is 15.7. The Morgan fingerprint density at radius 3 is 2.58 bits per heavy atom. The van der Waals surface area contributed by atoms with Gasteiger partial charge in [-0.2, -0.15) is 5.10 Å². The van der Waals surface area contributed by atoms with E-state index in [2.05, 4.69) is 27.1 Å². The van der Waals surface area contributed by atoms with E-state index in [-0.39, 0.29) is 5.91 Å². The van der Waals surface area contributed by atoms with Crippen LogP contribution in [0.5, 0.6) is 0 Å². The summed E-state index contributed by atoms with van der Waals surface area (Å²) in [5.41, 5.74) is 1.80. The molecule has 2 rings (SSSR count). The third-order valence-electron chi connectivity index (χ3n) is 3.63. The van der Waals surface area contributed by atoms with Crippen molar-refractivity contribution in [3.05, 3.63) is 53.9 Å². The van der Waals surface area contributed by atoms with Gasteiger partial charge >= 0.3 is 6.03 Å². The second-order valence-corrected chi connectivity index (χ2v) is 7.32. The first-order chi connectivity index (χ1) is 12.2. The highest BCUT2D eigenvalue weighted by molar-refractivity contribution is 5.97. The smallest absolute Gasteiger partial charge is 0.321 e. The number of aromatic nitrogens is 2. The van der Waals surface area contributed by atoms with E-state index in [9.17, 15) is 9.59 Å². The lowest BCUT2D eigenvalue weighted by Gasteiger charge is -2.21. The molecule has 3 N–H and O–H groups in total. The summed E-state index contributed by atoms with van der Waals surface area (Å²) in [4.78, 5) is 23.9. The quantitative estimate of drug-likeness (QED) is 0.738. The number of benzene rings is 1. The number of rotatable bonds is 6. The molecule has 1 aromatic heterocycles. The van der Waals surface area contributed by atoms with E-state index in [1.165, 1.54) is 0 Å². The highest BCUT2D eigenvalue weighted by Crippen LogP contribution is 2.07. The van der Waals surface area contributed by atoms with Crippen molar-refractivity contribution in [2.24, 2.45) is 0 Å². The van der Waals surface area contributed by atoms with Crippen LogP contribution < -0.4 is 16.0 Å². The number of urea groups is 1. The fourth-order valence-corrected chi connectivity index (χ4v) is 2.37. The second kappa shape index (κ2) is 8.62. The van der Waals surface area contributed by atoms with Crippen LogP contribution in [-0.4, -0.2) is 33.3 Å². The number of hydrogen-bond acceptors (Lipinski definition) is 4. The molecule has 0 saturated carbocycles. The van der Waals surface area contributed by atoms with Crippen LogP contribution in [0.3, 0.4) is 0 Å². The average Bonchev–Trinajstić information content (AvgIpc) is 3.04. The predicted octanol–water partition coefficient (Wildman–Crippen LogP) is 2.03. The van der Waals surface area contributed by atoms with Gasteiger partial charge in [-0.3, -0.25) is 14.8 Å². The van der Waals surface area contributed by atoms with E-state index < -0.39 is 17.6 Å². The SMILES string of the molecule is C[C@H](NCc1cccc(Cn2cccn2)c1)C(=O)NC(=O)NC(C)(C)C. The van der Waals surface area contributed by atoms with Gasteiger partial charge in [0.1, 0.15) is 0 Å². The van der Waals surface area contributed by atoms with Crippen molar-refractivity contribution in [2.75, 3.05) is 0 Å². The Balaban J connectivity index is 1.83. The molecule has 0 unspecified atom stereocenters. The number of amides is 3. The zero-order valence-corrected chi connectivity index (χ0v) is 15.7. The van der Waals surface area contributed by atoms with Gasteiger partial charge in [0.25, 0.3) is 0 Å². The van der Waals surface area contributed by atoms with Crippen molar-refractivity contribution >= 4 is 11.9 Å². The van der Waals surface area contributed by atoms with Gasteiger partial charge in [0.05, 0.1) is 12.6 Å². The molecule has 0 spiro atoms. The Morgan fingerprint density at radius 1 is 1.19 bits per heavy atom. The van der Waals surface area contributed by atoms with Crippen LogP contribution in [0, 0.1) is 0 Å². The summed E-state index contributed by atoms with van der Waals surface area (Å²) in [5, 5.41) is 12.4. The van der Waals surface area contributed by atoms with Gasteiger partial charge in [-0.05, 0) is 44.9 Å². The van der Waals surface area contributed by atoms with Gasteiger partial charge < -0.3 is 10.6 Å². The lowest BCUT2D eigenvalue weighted by molar-refractivity contribution is -0.121. The van der Waals surface area contributed by atoms with Crippen molar-refractivity contribution in [3.8, 4) is 0 Å². The first-order valence-corrected chi connectivity index (χ1v) is 8.64. The minimum atomic E-state index is -0.490. The van der Waals surface area contributed by atoms with Crippen molar-refractivity contribution in [2.45, 2.75) is 52.4 Å². The lowest BCUT2D eigenvalue weighted by Crippen LogP contribution is -2.52. The minimum absolute atomic E-state index is 0.362. The number of hydrogen-bond donors (Lipinski definition) is 3. The van der Waals surface area contributed by atoms with Gasteiger partial charge in [-0.15, -0.1) is 0 Å². The van der Waals surface area contributed by atoms with Crippen molar-refractivity contribution in [1.29, 1.82) is 0 Å². The summed E-state index contributed by atoms with van der Waals surface area (Å²) in [6.07, 6.45) is 3.67. The predicted molar refractivity (Wildman–Crippen MR) is 101 cm³/mol. The largest absolute Gasteiger partial charge is 0.333 e. The van der Waals surface area contributed by atoms with Crippen LogP contribution in [0.15, 0.2) is 42.7 Å².